The molecule has 17 heavy (non-hydrogen) atoms. The number of aromatic nitrogens is 2. The molecule has 0 atom stereocenters. The van der Waals surface area contributed by atoms with E-state index in [9.17, 15) is 4.79 Å². The molecule has 2 rings (SSSR count). The molecule has 1 aromatic carbocycles. The van der Waals surface area contributed by atoms with Gasteiger partial charge in [0.1, 0.15) is 0 Å². The Kier molecular flexibility index (Phi) is 2.87. The van der Waals surface area contributed by atoms with E-state index in [-0.39, 0.29) is 11.8 Å². The summed E-state index contributed by atoms with van der Waals surface area (Å²) in [6, 6.07) is 7.97. The van der Waals surface area contributed by atoms with Crippen molar-refractivity contribution in [3.63, 3.8) is 0 Å². The topological polar surface area (TPSA) is 101 Å². The van der Waals surface area contributed by atoms with Gasteiger partial charge in [0.05, 0.1) is 0 Å². The number of carbonyl (C=O) groups excluding carboxylic acids is 1. The maximum Gasteiger partial charge on any atom is 0.248 e. The van der Waals surface area contributed by atoms with Gasteiger partial charge in [-0.05, 0) is 18.2 Å². The zero-order valence-electron chi connectivity index (χ0n) is 8.79. The van der Waals surface area contributed by atoms with Crippen LogP contribution in [0.3, 0.4) is 0 Å². The van der Waals surface area contributed by atoms with E-state index in [1.807, 2.05) is 0 Å². The molecule has 1 aromatic heterocycles. The van der Waals surface area contributed by atoms with Gasteiger partial charge in [-0.2, -0.15) is 4.98 Å². The Balaban J connectivity index is 2.24. The standard InChI is InChI=1S/C11H10N4O2/c12-10(17)7-2-1-3-8(6-7)14-11-13-5-4-9(16)15-11/h1-6H,(H2,12,17)(H2,13,14,15,16). The minimum absolute atomic E-state index is 0.131. The highest BCUT2D eigenvalue weighted by Gasteiger charge is 2.03. The zero-order chi connectivity index (χ0) is 12.3. The molecule has 0 aliphatic carbocycles. The van der Waals surface area contributed by atoms with E-state index in [4.69, 9.17) is 10.8 Å². The predicted molar refractivity (Wildman–Crippen MR) is 61.9 cm³/mol. The van der Waals surface area contributed by atoms with Crippen molar-refractivity contribution >= 4 is 17.5 Å². The van der Waals surface area contributed by atoms with E-state index in [1.54, 1.807) is 24.3 Å². The van der Waals surface area contributed by atoms with E-state index in [2.05, 4.69) is 15.3 Å². The number of nitrogens with one attached hydrogen (secondary N) is 1. The van der Waals surface area contributed by atoms with Crippen LogP contribution in [-0.2, 0) is 0 Å². The lowest BCUT2D eigenvalue weighted by atomic mass is 10.2. The number of primary amides is 1. The number of amides is 1. The Labute approximate surface area is 97.1 Å². The van der Waals surface area contributed by atoms with Crippen molar-refractivity contribution < 1.29 is 9.90 Å². The lowest BCUT2D eigenvalue weighted by Crippen LogP contribution is -2.11. The van der Waals surface area contributed by atoms with E-state index < -0.39 is 5.91 Å². The van der Waals surface area contributed by atoms with Crippen LogP contribution in [0.4, 0.5) is 11.6 Å². The Bertz CT molecular complexity index is 557. The number of nitrogens with zero attached hydrogens (tertiary/aromatic N) is 2. The zero-order valence-corrected chi connectivity index (χ0v) is 8.79. The van der Waals surface area contributed by atoms with Crippen LogP contribution in [0.25, 0.3) is 0 Å². The molecular weight excluding hydrogens is 220 g/mol. The number of hydrogen-bond donors (Lipinski definition) is 3. The first-order valence-corrected chi connectivity index (χ1v) is 4.84. The van der Waals surface area contributed by atoms with Gasteiger partial charge in [0.15, 0.2) is 0 Å². The Morgan fingerprint density at radius 2 is 2.18 bits per heavy atom. The highest BCUT2D eigenvalue weighted by molar-refractivity contribution is 5.93. The third kappa shape index (κ3) is 2.69. The Morgan fingerprint density at radius 3 is 2.88 bits per heavy atom. The SMILES string of the molecule is NC(=O)c1cccc(Nc2nccc(O)n2)c1. The van der Waals surface area contributed by atoms with Gasteiger partial charge in [-0.1, -0.05) is 6.07 Å². The van der Waals surface area contributed by atoms with Gasteiger partial charge in [0, 0.05) is 23.5 Å². The highest BCUT2D eigenvalue weighted by Crippen LogP contribution is 2.15. The van der Waals surface area contributed by atoms with E-state index >= 15 is 0 Å². The minimum atomic E-state index is -0.509. The van der Waals surface area contributed by atoms with Crippen molar-refractivity contribution in [2.24, 2.45) is 5.73 Å². The second-order valence-corrected chi connectivity index (χ2v) is 3.31. The van der Waals surface area contributed by atoms with Crippen molar-refractivity contribution in [3.05, 3.63) is 42.1 Å². The molecule has 86 valence electrons. The average molecular weight is 230 g/mol. The molecule has 0 bridgehead atoms. The molecule has 0 aliphatic rings. The minimum Gasteiger partial charge on any atom is -0.493 e. The molecule has 0 saturated carbocycles. The number of aromatic hydroxyl groups is 1. The molecule has 1 amide bonds. The summed E-state index contributed by atoms with van der Waals surface area (Å²) in [5.41, 5.74) is 6.16. The van der Waals surface area contributed by atoms with Crippen LogP contribution in [0.1, 0.15) is 10.4 Å². The smallest absolute Gasteiger partial charge is 0.248 e. The Hall–Kier alpha value is -2.63. The van der Waals surface area contributed by atoms with Gasteiger partial charge in [0.25, 0.3) is 0 Å². The van der Waals surface area contributed by atoms with E-state index in [0.29, 0.717) is 11.3 Å². The molecule has 0 fully saturated rings. The van der Waals surface area contributed by atoms with Gasteiger partial charge in [0.2, 0.25) is 17.7 Å². The highest BCUT2D eigenvalue weighted by atomic mass is 16.3. The number of hydrogen-bond acceptors (Lipinski definition) is 5. The maximum atomic E-state index is 11.0. The normalized spacial score (nSPS) is 9.88. The largest absolute Gasteiger partial charge is 0.493 e. The first-order chi connectivity index (χ1) is 8.15. The molecule has 0 radical (unpaired) electrons. The molecule has 6 heteroatoms. The second kappa shape index (κ2) is 4.48. The van der Waals surface area contributed by atoms with Crippen molar-refractivity contribution in [2.75, 3.05) is 5.32 Å². The molecule has 0 unspecified atom stereocenters. The molecule has 0 saturated heterocycles. The monoisotopic (exact) mass is 230 g/mol. The van der Waals surface area contributed by atoms with Crippen molar-refractivity contribution in [1.82, 2.24) is 9.97 Å². The molecular formula is C11H10N4O2. The molecule has 1 heterocycles. The predicted octanol–water partition coefficient (Wildman–Crippen LogP) is 1.02. The number of rotatable bonds is 3. The summed E-state index contributed by atoms with van der Waals surface area (Å²) in [6.07, 6.45) is 1.42. The quantitative estimate of drug-likeness (QED) is 0.730. The molecule has 4 N–H and O–H groups in total. The summed E-state index contributed by atoms with van der Waals surface area (Å²) in [6.45, 7) is 0. The Morgan fingerprint density at radius 1 is 1.35 bits per heavy atom. The summed E-state index contributed by atoms with van der Waals surface area (Å²) in [7, 11) is 0. The van der Waals surface area contributed by atoms with Crippen LogP contribution in [0.5, 0.6) is 5.88 Å². The number of nitrogens with two attached hydrogens (primary N) is 1. The number of carbonyl (C=O) groups is 1. The third-order valence-corrected chi connectivity index (χ3v) is 2.04. The van der Waals surface area contributed by atoms with Crippen LogP contribution in [0.15, 0.2) is 36.5 Å². The average Bonchev–Trinajstić information content (AvgIpc) is 2.29. The summed E-state index contributed by atoms with van der Waals surface area (Å²) in [5, 5.41) is 12.0. The summed E-state index contributed by atoms with van der Waals surface area (Å²) in [4.78, 5) is 18.7. The molecule has 0 aliphatic heterocycles. The summed E-state index contributed by atoms with van der Waals surface area (Å²) in [5.74, 6) is -0.398. The van der Waals surface area contributed by atoms with E-state index in [0.717, 1.165) is 0 Å². The lowest BCUT2D eigenvalue weighted by Gasteiger charge is -2.05. The van der Waals surface area contributed by atoms with Gasteiger partial charge in [-0.25, -0.2) is 4.98 Å². The molecule has 0 spiro atoms. The van der Waals surface area contributed by atoms with Crippen LogP contribution >= 0.6 is 0 Å². The van der Waals surface area contributed by atoms with Crippen LogP contribution in [-0.4, -0.2) is 21.0 Å². The number of benzene rings is 1. The van der Waals surface area contributed by atoms with E-state index in [1.165, 1.54) is 12.3 Å². The second-order valence-electron chi connectivity index (χ2n) is 3.31. The fourth-order valence-corrected chi connectivity index (χ4v) is 1.29. The van der Waals surface area contributed by atoms with Gasteiger partial charge >= 0.3 is 0 Å². The lowest BCUT2D eigenvalue weighted by molar-refractivity contribution is 0.100. The van der Waals surface area contributed by atoms with Crippen LogP contribution < -0.4 is 11.1 Å². The maximum absolute atomic E-state index is 11.0. The molecule has 2 aromatic rings. The first kappa shape index (κ1) is 10.9. The van der Waals surface area contributed by atoms with Crippen molar-refractivity contribution in [2.45, 2.75) is 0 Å². The fourth-order valence-electron chi connectivity index (χ4n) is 1.29. The van der Waals surface area contributed by atoms with Gasteiger partial charge in [-0.3, -0.25) is 4.79 Å². The van der Waals surface area contributed by atoms with Crippen LogP contribution in [0, 0.1) is 0 Å². The first-order valence-electron chi connectivity index (χ1n) is 4.84. The fraction of sp³-hybridized carbons (Fsp3) is 0. The number of anilines is 2. The van der Waals surface area contributed by atoms with Crippen LogP contribution in [0.2, 0.25) is 0 Å². The summed E-state index contributed by atoms with van der Waals surface area (Å²) < 4.78 is 0. The van der Waals surface area contributed by atoms with Gasteiger partial charge < -0.3 is 16.2 Å². The van der Waals surface area contributed by atoms with Crippen molar-refractivity contribution in [3.8, 4) is 5.88 Å². The third-order valence-electron chi connectivity index (χ3n) is 2.04. The van der Waals surface area contributed by atoms with Gasteiger partial charge in [-0.15, -0.1) is 0 Å². The summed E-state index contributed by atoms with van der Waals surface area (Å²) >= 11 is 0. The van der Waals surface area contributed by atoms with Crippen molar-refractivity contribution in [1.29, 1.82) is 0 Å². The molecule has 6 nitrogen and oxygen atoms in total.